The van der Waals surface area contributed by atoms with E-state index in [2.05, 4.69) is 13.5 Å². The Bertz CT molecular complexity index is 794. The van der Waals surface area contributed by atoms with E-state index in [1.807, 2.05) is 24.3 Å². The van der Waals surface area contributed by atoms with Crippen LogP contribution in [0.15, 0.2) is 49.0 Å². The van der Waals surface area contributed by atoms with Crippen LogP contribution in [0, 0.1) is 5.92 Å². The van der Waals surface area contributed by atoms with Crippen LogP contribution in [0.1, 0.15) is 80.9 Å². The van der Waals surface area contributed by atoms with Gasteiger partial charge in [0.1, 0.15) is 0 Å². The molecule has 156 valence electrons. The maximum absolute atomic E-state index is 13.5. The molecule has 2 aromatic carbocycles. The molecule has 1 aliphatic carbocycles. The number of benzene rings is 2. The van der Waals surface area contributed by atoms with Crippen molar-refractivity contribution in [1.82, 2.24) is 0 Å². The molecule has 0 atom stereocenters. The minimum absolute atomic E-state index is 0.231. The molecular weight excluding hydrogens is 369 g/mol. The maximum atomic E-state index is 13.5. The van der Waals surface area contributed by atoms with Crippen molar-refractivity contribution in [3.05, 3.63) is 65.7 Å². The third-order valence-electron chi connectivity index (χ3n) is 6.34. The lowest BCUT2D eigenvalue weighted by molar-refractivity contribution is -0.137. The van der Waals surface area contributed by atoms with Crippen molar-refractivity contribution in [2.24, 2.45) is 5.92 Å². The molecule has 0 amide bonds. The largest absolute Gasteiger partial charge is 0.417 e. The van der Waals surface area contributed by atoms with Crippen LogP contribution in [0.3, 0.4) is 0 Å². The predicted molar refractivity (Wildman–Crippen MR) is 116 cm³/mol. The number of alkyl halides is 3. The average molecular weight is 401 g/mol. The highest BCUT2D eigenvalue weighted by Crippen LogP contribution is 2.40. The van der Waals surface area contributed by atoms with E-state index in [1.165, 1.54) is 69.1 Å². The van der Waals surface area contributed by atoms with Crippen molar-refractivity contribution >= 4 is 6.08 Å². The van der Waals surface area contributed by atoms with Gasteiger partial charge in [-0.05, 0) is 65.8 Å². The second kappa shape index (κ2) is 9.65. The number of rotatable bonds is 7. The van der Waals surface area contributed by atoms with Gasteiger partial charge in [0, 0.05) is 0 Å². The minimum Gasteiger partial charge on any atom is -0.166 e. The summed E-state index contributed by atoms with van der Waals surface area (Å²) in [5.41, 5.74) is 1.99. The first kappa shape index (κ1) is 21.7. The third-order valence-corrected chi connectivity index (χ3v) is 6.34. The molecule has 0 aromatic heterocycles. The Morgan fingerprint density at radius 2 is 1.66 bits per heavy atom. The summed E-state index contributed by atoms with van der Waals surface area (Å²) in [6.45, 7) is 5.82. The highest BCUT2D eigenvalue weighted by molar-refractivity contribution is 5.70. The normalized spacial score (nSPS) is 19.9. The van der Waals surface area contributed by atoms with Gasteiger partial charge in [-0.3, -0.25) is 0 Å². The summed E-state index contributed by atoms with van der Waals surface area (Å²) in [6, 6.07) is 12.2. The lowest BCUT2D eigenvalue weighted by Gasteiger charge is -2.29. The van der Waals surface area contributed by atoms with E-state index in [-0.39, 0.29) is 5.56 Å². The number of halogens is 3. The molecule has 2 aromatic rings. The van der Waals surface area contributed by atoms with Crippen molar-refractivity contribution in [1.29, 1.82) is 0 Å². The molecule has 29 heavy (non-hydrogen) atoms. The highest BCUT2D eigenvalue weighted by Gasteiger charge is 2.34. The Morgan fingerprint density at radius 3 is 2.24 bits per heavy atom. The summed E-state index contributed by atoms with van der Waals surface area (Å²) in [5, 5.41) is 0. The summed E-state index contributed by atoms with van der Waals surface area (Å²) in [7, 11) is 0. The molecule has 0 bridgehead atoms. The SMILES string of the molecule is C=Cc1ccc(-c2ccc([C@H]3CC[C@H](CCCCC)CC3)cc2)c(C(F)(F)F)c1. The third kappa shape index (κ3) is 5.52. The van der Waals surface area contributed by atoms with Crippen LogP contribution < -0.4 is 0 Å². The van der Waals surface area contributed by atoms with Gasteiger partial charge in [-0.15, -0.1) is 0 Å². The molecule has 0 spiro atoms. The van der Waals surface area contributed by atoms with Crippen molar-refractivity contribution < 1.29 is 13.2 Å². The Morgan fingerprint density at radius 1 is 0.966 bits per heavy atom. The molecular formula is C26H31F3. The fourth-order valence-electron chi connectivity index (χ4n) is 4.58. The van der Waals surface area contributed by atoms with Crippen LogP contribution in [-0.4, -0.2) is 0 Å². The lowest BCUT2D eigenvalue weighted by atomic mass is 9.77. The Kier molecular flexibility index (Phi) is 7.21. The monoisotopic (exact) mass is 400 g/mol. The van der Waals surface area contributed by atoms with E-state index in [9.17, 15) is 13.2 Å². The second-order valence-electron chi connectivity index (χ2n) is 8.34. The van der Waals surface area contributed by atoms with E-state index < -0.39 is 11.7 Å². The van der Waals surface area contributed by atoms with Crippen LogP contribution in [0.25, 0.3) is 17.2 Å². The molecule has 0 heterocycles. The molecule has 0 nitrogen and oxygen atoms in total. The van der Waals surface area contributed by atoms with Gasteiger partial charge in [0.2, 0.25) is 0 Å². The Labute approximate surface area is 172 Å². The fraction of sp³-hybridized carbons (Fsp3) is 0.462. The van der Waals surface area contributed by atoms with Crippen LogP contribution in [0.5, 0.6) is 0 Å². The van der Waals surface area contributed by atoms with Gasteiger partial charge in [0.25, 0.3) is 0 Å². The summed E-state index contributed by atoms with van der Waals surface area (Å²) < 4.78 is 40.6. The minimum atomic E-state index is -4.39. The van der Waals surface area contributed by atoms with Gasteiger partial charge < -0.3 is 0 Å². The zero-order chi connectivity index (χ0) is 20.9. The summed E-state index contributed by atoms with van der Waals surface area (Å²) in [4.78, 5) is 0. The van der Waals surface area contributed by atoms with Gasteiger partial charge >= 0.3 is 6.18 Å². The zero-order valence-electron chi connectivity index (χ0n) is 17.3. The average Bonchev–Trinajstić information content (AvgIpc) is 2.73. The van der Waals surface area contributed by atoms with E-state index >= 15 is 0 Å². The highest BCUT2D eigenvalue weighted by atomic mass is 19.4. The van der Waals surface area contributed by atoms with Gasteiger partial charge in [0.05, 0.1) is 5.56 Å². The first-order valence-electron chi connectivity index (χ1n) is 10.9. The van der Waals surface area contributed by atoms with E-state index in [1.54, 1.807) is 12.1 Å². The first-order chi connectivity index (χ1) is 13.9. The van der Waals surface area contributed by atoms with Crippen LogP contribution in [0.4, 0.5) is 13.2 Å². The van der Waals surface area contributed by atoms with Crippen LogP contribution >= 0.6 is 0 Å². The fourth-order valence-corrected chi connectivity index (χ4v) is 4.58. The smallest absolute Gasteiger partial charge is 0.166 e. The van der Waals surface area contributed by atoms with E-state index in [4.69, 9.17) is 0 Å². The molecule has 1 fully saturated rings. The van der Waals surface area contributed by atoms with Gasteiger partial charge in [-0.2, -0.15) is 13.2 Å². The Balaban J connectivity index is 1.71. The molecule has 0 unspecified atom stereocenters. The zero-order valence-corrected chi connectivity index (χ0v) is 17.3. The van der Waals surface area contributed by atoms with Crippen molar-refractivity contribution in [3.8, 4) is 11.1 Å². The molecule has 3 rings (SSSR count). The first-order valence-corrected chi connectivity index (χ1v) is 10.9. The predicted octanol–water partition coefficient (Wildman–Crippen LogP) is 8.87. The second-order valence-corrected chi connectivity index (χ2v) is 8.34. The lowest BCUT2D eigenvalue weighted by Crippen LogP contribution is -2.13. The molecule has 3 heteroatoms. The summed E-state index contributed by atoms with van der Waals surface area (Å²) in [5.74, 6) is 1.39. The van der Waals surface area contributed by atoms with Crippen LogP contribution in [0.2, 0.25) is 0 Å². The standard InChI is InChI=1S/C26H31F3/c1-3-5-6-7-20-8-11-21(12-9-20)22-13-15-23(16-14-22)24-17-10-19(4-2)18-25(24)26(27,28)29/h4,10,13-18,20-21H,2-3,5-9,11-12H2,1H3/t20-,21-. The molecule has 0 N–H and O–H groups in total. The molecule has 1 saturated carbocycles. The maximum Gasteiger partial charge on any atom is 0.417 e. The number of hydrogen-bond acceptors (Lipinski definition) is 0. The van der Waals surface area contributed by atoms with Gasteiger partial charge in [-0.1, -0.05) is 81.7 Å². The van der Waals surface area contributed by atoms with Crippen LogP contribution in [-0.2, 0) is 6.18 Å². The van der Waals surface area contributed by atoms with Gasteiger partial charge in [-0.25, -0.2) is 0 Å². The molecule has 0 saturated heterocycles. The Hall–Kier alpha value is -2.03. The molecule has 1 aliphatic rings. The van der Waals surface area contributed by atoms with Crippen molar-refractivity contribution in [3.63, 3.8) is 0 Å². The van der Waals surface area contributed by atoms with E-state index in [0.717, 1.165) is 5.92 Å². The topological polar surface area (TPSA) is 0 Å². The molecule has 0 radical (unpaired) electrons. The molecule has 0 aliphatic heterocycles. The van der Waals surface area contributed by atoms with E-state index in [0.29, 0.717) is 17.0 Å². The summed E-state index contributed by atoms with van der Waals surface area (Å²) >= 11 is 0. The quantitative estimate of drug-likeness (QED) is 0.407. The number of hydrogen-bond donors (Lipinski definition) is 0. The van der Waals surface area contributed by atoms with Crippen molar-refractivity contribution in [2.75, 3.05) is 0 Å². The van der Waals surface area contributed by atoms with Crippen molar-refractivity contribution in [2.45, 2.75) is 70.4 Å². The van der Waals surface area contributed by atoms with Gasteiger partial charge in [0.15, 0.2) is 0 Å². The number of unbranched alkanes of at least 4 members (excludes halogenated alkanes) is 2. The summed E-state index contributed by atoms with van der Waals surface area (Å²) in [6.07, 6.45) is 7.28.